The number of aliphatic imine (C=N–C) groups is 1. The van der Waals surface area contributed by atoms with Gasteiger partial charge in [0.2, 0.25) is 0 Å². The largest absolute Gasteiger partial charge is 0.385 e. The number of rotatable bonds is 2. The highest BCUT2D eigenvalue weighted by atomic mass is 127. The highest BCUT2D eigenvalue weighted by molar-refractivity contribution is 14.1. The Kier molecular flexibility index (Phi) is 4.14. The van der Waals surface area contributed by atoms with E-state index in [0.29, 0.717) is 5.82 Å². The molecule has 0 unspecified atom stereocenters. The Labute approximate surface area is 104 Å². The maximum atomic E-state index is 5.90. The molecular formula is C11H14IN3. The lowest BCUT2D eigenvalue weighted by Crippen LogP contribution is -2.22. The summed E-state index contributed by atoms with van der Waals surface area (Å²) in [5, 5.41) is 2.94. The molecule has 3 nitrogen and oxygen atoms in total. The predicted octanol–water partition coefficient (Wildman–Crippen LogP) is 2.24. The Bertz CT molecular complexity index is 400. The first-order valence-corrected chi connectivity index (χ1v) is 5.61. The first-order valence-electron chi connectivity index (χ1n) is 4.53. The molecule has 0 radical (unpaired) electrons. The van der Waals surface area contributed by atoms with E-state index in [4.69, 9.17) is 5.73 Å². The second kappa shape index (κ2) is 5.16. The zero-order chi connectivity index (χ0) is 11.4. The topological polar surface area (TPSA) is 50.4 Å². The molecule has 1 aliphatic rings. The summed E-state index contributed by atoms with van der Waals surface area (Å²) in [5.41, 5.74) is 8.82. The van der Waals surface area contributed by atoms with E-state index in [-0.39, 0.29) is 0 Å². The molecule has 0 aromatic rings. The van der Waals surface area contributed by atoms with Crippen molar-refractivity contribution in [3.05, 3.63) is 45.5 Å². The summed E-state index contributed by atoms with van der Waals surface area (Å²) in [6.07, 6.45) is 5.48. The van der Waals surface area contributed by atoms with E-state index in [0.717, 1.165) is 16.9 Å². The summed E-state index contributed by atoms with van der Waals surface area (Å²) in [5.74, 6) is 0.631. The fourth-order valence-electron chi connectivity index (χ4n) is 1.34. The lowest BCUT2D eigenvalue weighted by molar-refractivity contribution is 0.951. The van der Waals surface area contributed by atoms with E-state index in [1.807, 2.05) is 19.1 Å². The van der Waals surface area contributed by atoms with Gasteiger partial charge in [-0.3, -0.25) is 4.99 Å². The fraction of sp³-hybridized carbons (Fsp3) is 0.182. The molecule has 1 aliphatic carbocycles. The van der Waals surface area contributed by atoms with Crippen molar-refractivity contribution in [3.63, 3.8) is 0 Å². The highest BCUT2D eigenvalue weighted by Gasteiger charge is 2.16. The van der Waals surface area contributed by atoms with E-state index in [9.17, 15) is 0 Å². The number of hydrogen-bond donors (Lipinski definition) is 2. The zero-order valence-corrected chi connectivity index (χ0v) is 11.0. The van der Waals surface area contributed by atoms with E-state index in [2.05, 4.69) is 39.5 Å². The summed E-state index contributed by atoms with van der Waals surface area (Å²) >= 11 is 2.28. The van der Waals surface area contributed by atoms with Crippen LogP contribution in [0.2, 0.25) is 0 Å². The van der Waals surface area contributed by atoms with Crippen LogP contribution in [0.5, 0.6) is 0 Å². The van der Waals surface area contributed by atoms with Crippen molar-refractivity contribution in [2.75, 3.05) is 7.05 Å². The quantitative estimate of drug-likeness (QED) is 0.768. The average molecular weight is 315 g/mol. The number of nitrogens with zero attached hydrogens (tertiary/aromatic N) is 1. The van der Waals surface area contributed by atoms with Gasteiger partial charge in [-0.05, 0) is 47.2 Å². The van der Waals surface area contributed by atoms with Crippen LogP contribution >= 0.6 is 22.6 Å². The first-order chi connectivity index (χ1) is 7.11. The monoisotopic (exact) mass is 315 g/mol. The Morgan fingerprint density at radius 3 is 2.80 bits per heavy atom. The van der Waals surface area contributed by atoms with Gasteiger partial charge in [-0.1, -0.05) is 6.58 Å². The first kappa shape index (κ1) is 12.0. The van der Waals surface area contributed by atoms with Crippen LogP contribution < -0.4 is 11.1 Å². The van der Waals surface area contributed by atoms with E-state index >= 15 is 0 Å². The Morgan fingerprint density at radius 2 is 2.27 bits per heavy atom. The van der Waals surface area contributed by atoms with Crippen LogP contribution in [0.1, 0.15) is 6.92 Å². The lowest BCUT2D eigenvalue weighted by atomic mass is 9.97. The molecule has 0 aromatic carbocycles. The average Bonchev–Trinajstić information content (AvgIpc) is 2.23. The minimum absolute atomic E-state index is 0.631. The van der Waals surface area contributed by atoms with Gasteiger partial charge < -0.3 is 11.1 Å². The minimum atomic E-state index is 0.631. The van der Waals surface area contributed by atoms with E-state index in [1.165, 1.54) is 9.78 Å². The molecule has 0 saturated carbocycles. The third kappa shape index (κ3) is 2.50. The van der Waals surface area contributed by atoms with Crippen molar-refractivity contribution < 1.29 is 0 Å². The van der Waals surface area contributed by atoms with E-state index in [1.54, 1.807) is 7.05 Å². The summed E-state index contributed by atoms with van der Waals surface area (Å²) < 4.78 is 1.17. The minimum Gasteiger partial charge on any atom is -0.385 e. The second-order valence-corrected chi connectivity index (χ2v) is 4.20. The number of allylic oxidation sites excluding steroid dienone is 5. The number of hydrogen-bond acceptors (Lipinski definition) is 3. The molecule has 0 bridgehead atoms. The summed E-state index contributed by atoms with van der Waals surface area (Å²) in [7, 11) is 1.80. The molecule has 0 spiro atoms. The van der Waals surface area contributed by atoms with Crippen molar-refractivity contribution in [2.45, 2.75) is 6.92 Å². The van der Waals surface area contributed by atoms with Crippen LogP contribution in [0.25, 0.3) is 0 Å². The lowest BCUT2D eigenvalue weighted by Gasteiger charge is -2.17. The van der Waals surface area contributed by atoms with Crippen LogP contribution in [-0.2, 0) is 0 Å². The van der Waals surface area contributed by atoms with Gasteiger partial charge in [-0.15, -0.1) is 0 Å². The van der Waals surface area contributed by atoms with Crippen molar-refractivity contribution in [1.29, 1.82) is 0 Å². The van der Waals surface area contributed by atoms with Gasteiger partial charge in [0.05, 0.1) is 5.71 Å². The molecule has 0 atom stereocenters. The van der Waals surface area contributed by atoms with Crippen molar-refractivity contribution >= 4 is 28.3 Å². The van der Waals surface area contributed by atoms with Crippen LogP contribution in [0.4, 0.5) is 0 Å². The van der Waals surface area contributed by atoms with Gasteiger partial charge in [0.15, 0.2) is 0 Å². The SMILES string of the molecule is C=C/N=C1/C=CC(I)=C(C)/C1=C(/N)NC. The number of nitrogens with two attached hydrogens (primary N) is 1. The standard InChI is InChI=1S/C11H14IN3/c1-4-15-9-6-5-8(12)7(2)10(9)11(13)14-3/h4-6,14H,1,13H2,2-3H3/b11-10+,15-9-. The molecule has 1 rings (SSSR count). The molecule has 0 aromatic heterocycles. The molecule has 80 valence electrons. The summed E-state index contributed by atoms with van der Waals surface area (Å²) in [4.78, 5) is 4.20. The van der Waals surface area contributed by atoms with Gasteiger partial charge in [-0.2, -0.15) is 0 Å². The molecular weight excluding hydrogens is 301 g/mol. The van der Waals surface area contributed by atoms with Gasteiger partial charge in [0.25, 0.3) is 0 Å². The van der Waals surface area contributed by atoms with Crippen LogP contribution in [0, 0.1) is 0 Å². The predicted molar refractivity (Wildman–Crippen MR) is 73.8 cm³/mol. The van der Waals surface area contributed by atoms with Crippen LogP contribution in [0.3, 0.4) is 0 Å². The molecule has 0 aliphatic heterocycles. The summed E-state index contributed by atoms with van der Waals surface area (Å²) in [6, 6.07) is 0. The third-order valence-corrected chi connectivity index (χ3v) is 3.31. The zero-order valence-electron chi connectivity index (χ0n) is 8.84. The molecule has 0 saturated heterocycles. The molecule has 15 heavy (non-hydrogen) atoms. The van der Waals surface area contributed by atoms with Gasteiger partial charge in [0.1, 0.15) is 5.82 Å². The molecule has 3 N–H and O–H groups in total. The molecule has 0 amide bonds. The maximum Gasteiger partial charge on any atom is 0.106 e. The Balaban J connectivity index is 3.35. The third-order valence-electron chi connectivity index (χ3n) is 2.15. The smallest absolute Gasteiger partial charge is 0.106 e. The van der Waals surface area contributed by atoms with Gasteiger partial charge >= 0.3 is 0 Å². The van der Waals surface area contributed by atoms with Crippen molar-refractivity contribution in [2.24, 2.45) is 10.7 Å². The van der Waals surface area contributed by atoms with Gasteiger partial charge in [-0.25, -0.2) is 0 Å². The normalized spacial score (nSPS) is 21.9. The van der Waals surface area contributed by atoms with Crippen LogP contribution in [0.15, 0.2) is 50.5 Å². The fourth-order valence-corrected chi connectivity index (χ4v) is 1.79. The van der Waals surface area contributed by atoms with E-state index < -0.39 is 0 Å². The van der Waals surface area contributed by atoms with Crippen LogP contribution in [-0.4, -0.2) is 12.8 Å². The van der Waals surface area contributed by atoms with Crippen molar-refractivity contribution in [3.8, 4) is 0 Å². The number of halogens is 1. The Hall–Kier alpha value is -1.04. The molecule has 0 heterocycles. The number of nitrogens with one attached hydrogen (secondary N) is 1. The molecule has 4 heteroatoms. The van der Waals surface area contributed by atoms with Crippen molar-refractivity contribution in [1.82, 2.24) is 5.32 Å². The Morgan fingerprint density at radius 1 is 1.60 bits per heavy atom. The second-order valence-electron chi connectivity index (χ2n) is 3.04. The maximum absolute atomic E-state index is 5.90. The molecule has 0 fully saturated rings. The highest BCUT2D eigenvalue weighted by Crippen LogP contribution is 2.27. The van der Waals surface area contributed by atoms with Gasteiger partial charge in [0, 0.05) is 22.4 Å². The summed E-state index contributed by atoms with van der Waals surface area (Å²) in [6.45, 7) is 5.63.